The minimum Gasteiger partial charge on any atom is -0.305 e. The molecule has 0 aromatic carbocycles. The average molecular weight is 194 g/mol. The molecule has 0 aliphatic rings. The van der Waals surface area contributed by atoms with E-state index < -0.39 is 0 Å². The Labute approximate surface area is 81.0 Å². The van der Waals surface area contributed by atoms with Crippen molar-refractivity contribution in [2.75, 3.05) is 5.75 Å². The Morgan fingerprint density at radius 3 is 3.08 bits per heavy atom. The van der Waals surface area contributed by atoms with Crippen molar-refractivity contribution in [2.24, 2.45) is 0 Å². The Morgan fingerprint density at radius 2 is 2.46 bits per heavy atom. The zero-order chi connectivity index (χ0) is 9.68. The molecule has 0 radical (unpaired) electrons. The third-order valence-electron chi connectivity index (χ3n) is 1.58. The molecule has 13 heavy (non-hydrogen) atoms. The second-order valence-electron chi connectivity index (χ2n) is 2.43. The monoisotopic (exact) mass is 194 g/mol. The summed E-state index contributed by atoms with van der Waals surface area (Å²) < 4.78 is 1.55. The summed E-state index contributed by atoms with van der Waals surface area (Å²) >= 11 is 1.65. The number of thioether (sulfide) groups is 1. The first-order valence-electron chi connectivity index (χ1n) is 3.97. The van der Waals surface area contributed by atoms with Crippen molar-refractivity contribution in [1.29, 1.82) is 5.26 Å². The molecule has 1 aromatic heterocycles. The summed E-state index contributed by atoms with van der Waals surface area (Å²) in [5, 5.41) is 8.60. The maximum Gasteiger partial charge on any atom is 0.269 e. The van der Waals surface area contributed by atoms with Gasteiger partial charge >= 0.3 is 0 Å². The van der Waals surface area contributed by atoms with Crippen molar-refractivity contribution in [3.63, 3.8) is 0 Å². The van der Waals surface area contributed by atoms with E-state index >= 15 is 0 Å². The van der Waals surface area contributed by atoms with Crippen LogP contribution in [0.2, 0.25) is 0 Å². The van der Waals surface area contributed by atoms with Crippen LogP contribution >= 0.6 is 11.8 Å². The molecule has 1 aromatic rings. The first-order valence-corrected chi connectivity index (χ1v) is 5.12. The SMILES string of the molecule is CCSCn1cccc(C#N)c1=O. The van der Waals surface area contributed by atoms with E-state index in [2.05, 4.69) is 0 Å². The van der Waals surface area contributed by atoms with Gasteiger partial charge in [0.05, 0.1) is 5.88 Å². The molecule has 3 nitrogen and oxygen atoms in total. The standard InChI is InChI=1S/C9H10N2OS/c1-2-13-7-11-5-3-4-8(6-10)9(11)12/h3-5H,2,7H2,1H3. The van der Waals surface area contributed by atoms with Crippen molar-refractivity contribution in [3.05, 3.63) is 34.2 Å². The summed E-state index contributed by atoms with van der Waals surface area (Å²) in [6.45, 7) is 2.03. The molecule has 0 N–H and O–H groups in total. The van der Waals surface area contributed by atoms with Crippen LogP contribution in [0.3, 0.4) is 0 Å². The molecule has 0 atom stereocenters. The van der Waals surface area contributed by atoms with Gasteiger partial charge in [-0.3, -0.25) is 4.79 Å². The quantitative estimate of drug-likeness (QED) is 0.731. The van der Waals surface area contributed by atoms with Crippen molar-refractivity contribution in [2.45, 2.75) is 12.8 Å². The minimum absolute atomic E-state index is 0.203. The highest BCUT2D eigenvalue weighted by atomic mass is 32.2. The lowest BCUT2D eigenvalue weighted by Crippen LogP contribution is -2.20. The van der Waals surface area contributed by atoms with E-state index in [0.29, 0.717) is 5.88 Å². The van der Waals surface area contributed by atoms with Crippen LogP contribution in [0.15, 0.2) is 23.1 Å². The fourth-order valence-corrected chi connectivity index (χ4v) is 1.50. The van der Waals surface area contributed by atoms with E-state index in [9.17, 15) is 4.79 Å². The van der Waals surface area contributed by atoms with Crippen molar-refractivity contribution in [1.82, 2.24) is 4.57 Å². The van der Waals surface area contributed by atoms with Crippen LogP contribution in [0.5, 0.6) is 0 Å². The van der Waals surface area contributed by atoms with Crippen LogP contribution < -0.4 is 5.56 Å². The summed E-state index contributed by atoms with van der Waals surface area (Å²) in [5.41, 5.74) is 0.00477. The maximum atomic E-state index is 11.4. The van der Waals surface area contributed by atoms with Gasteiger partial charge in [-0.25, -0.2) is 0 Å². The van der Waals surface area contributed by atoms with Gasteiger partial charge in [-0.1, -0.05) is 6.92 Å². The van der Waals surface area contributed by atoms with Gasteiger partial charge in [-0.15, -0.1) is 11.8 Å². The molecule has 0 amide bonds. The number of pyridine rings is 1. The Hall–Kier alpha value is -1.21. The van der Waals surface area contributed by atoms with Gasteiger partial charge in [0.15, 0.2) is 0 Å². The molecule has 0 bridgehead atoms. The van der Waals surface area contributed by atoms with Gasteiger partial charge in [0.1, 0.15) is 11.6 Å². The largest absolute Gasteiger partial charge is 0.305 e. The van der Waals surface area contributed by atoms with Crippen molar-refractivity contribution < 1.29 is 0 Å². The van der Waals surface area contributed by atoms with E-state index in [1.807, 2.05) is 13.0 Å². The second-order valence-corrected chi connectivity index (χ2v) is 3.67. The highest BCUT2D eigenvalue weighted by molar-refractivity contribution is 7.98. The van der Waals surface area contributed by atoms with Gasteiger partial charge in [0.25, 0.3) is 5.56 Å². The number of rotatable bonds is 3. The van der Waals surface area contributed by atoms with Crippen molar-refractivity contribution >= 4 is 11.8 Å². The molecule has 0 aliphatic heterocycles. The van der Waals surface area contributed by atoms with Crippen molar-refractivity contribution in [3.8, 4) is 6.07 Å². The van der Waals surface area contributed by atoms with E-state index in [-0.39, 0.29) is 11.1 Å². The summed E-state index contributed by atoms with van der Waals surface area (Å²) in [5.74, 6) is 1.58. The van der Waals surface area contributed by atoms with Crippen LogP contribution in [0.1, 0.15) is 12.5 Å². The fourth-order valence-electron chi connectivity index (χ4n) is 0.913. The summed E-state index contributed by atoms with van der Waals surface area (Å²) in [6.07, 6.45) is 1.70. The normalized spacial score (nSPS) is 9.54. The molecule has 0 saturated carbocycles. The van der Waals surface area contributed by atoms with Crippen LogP contribution in [0.25, 0.3) is 0 Å². The fraction of sp³-hybridized carbons (Fsp3) is 0.333. The van der Waals surface area contributed by atoms with E-state index in [1.54, 1.807) is 28.6 Å². The molecular weight excluding hydrogens is 184 g/mol. The lowest BCUT2D eigenvalue weighted by atomic mass is 10.3. The topological polar surface area (TPSA) is 45.8 Å². The minimum atomic E-state index is -0.203. The molecule has 0 saturated heterocycles. The van der Waals surface area contributed by atoms with Gasteiger partial charge in [0.2, 0.25) is 0 Å². The predicted octanol–water partition coefficient (Wildman–Crippen LogP) is 1.43. The van der Waals surface area contributed by atoms with Gasteiger partial charge in [0, 0.05) is 6.20 Å². The molecule has 4 heteroatoms. The molecular formula is C9H10N2OS. The lowest BCUT2D eigenvalue weighted by molar-refractivity contribution is 0.835. The molecule has 0 spiro atoms. The number of aromatic nitrogens is 1. The number of hydrogen-bond acceptors (Lipinski definition) is 3. The number of nitriles is 1. The van der Waals surface area contributed by atoms with Gasteiger partial charge in [-0.2, -0.15) is 5.26 Å². The third-order valence-corrected chi connectivity index (χ3v) is 2.44. The third kappa shape index (κ3) is 2.36. The Bertz CT molecular complexity index is 378. The molecule has 0 aliphatic carbocycles. The first-order chi connectivity index (χ1) is 6.29. The molecule has 1 heterocycles. The van der Waals surface area contributed by atoms with Crippen LogP contribution in [-0.2, 0) is 5.88 Å². The Balaban J connectivity index is 2.97. The summed E-state index contributed by atoms with van der Waals surface area (Å²) in [4.78, 5) is 11.4. The van der Waals surface area contributed by atoms with Crippen LogP contribution in [0, 0.1) is 11.3 Å². The second kappa shape index (κ2) is 4.73. The van der Waals surface area contributed by atoms with Gasteiger partial charge in [-0.05, 0) is 17.9 Å². The summed E-state index contributed by atoms with van der Waals surface area (Å²) in [6, 6.07) is 5.13. The molecule has 0 fully saturated rings. The highest BCUT2D eigenvalue weighted by Gasteiger charge is 2.00. The maximum absolute atomic E-state index is 11.4. The molecule has 68 valence electrons. The number of hydrogen-bond donors (Lipinski definition) is 0. The highest BCUT2D eigenvalue weighted by Crippen LogP contribution is 2.01. The summed E-state index contributed by atoms with van der Waals surface area (Å²) in [7, 11) is 0. The zero-order valence-electron chi connectivity index (χ0n) is 7.36. The lowest BCUT2D eigenvalue weighted by Gasteiger charge is -2.02. The van der Waals surface area contributed by atoms with E-state index in [4.69, 9.17) is 5.26 Å². The average Bonchev–Trinajstić information content (AvgIpc) is 2.16. The molecule has 1 rings (SSSR count). The molecule has 0 unspecified atom stereocenters. The predicted molar refractivity (Wildman–Crippen MR) is 53.5 cm³/mol. The zero-order valence-corrected chi connectivity index (χ0v) is 8.17. The Kier molecular flexibility index (Phi) is 3.59. The Morgan fingerprint density at radius 1 is 1.69 bits per heavy atom. The van der Waals surface area contributed by atoms with Gasteiger partial charge < -0.3 is 4.57 Å². The smallest absolute Gasteiger partial charge is 0.269 e. The first kappa shape index (κ1) is 9.87. The van der Waals surface area contributed by atoms with E-state index in [1.165, 1.54) is 6.07 Å². The number of nitrogens with zero attached hydrogens (tertiary/aromatic N) is 2. The van der Waals surface area contributed by atoms with Crippen LogP contribution in [-0.4, -0.2) is 10.3 Å². The van der Waals surface area contributed by atoms with E-state index in [0.717, 1.165) is 5.75 Å². The van der Waals surface area contributed by atoms with Crippen LogP contribution in [0.4, 0.5) is 0 Å².